The van der Waals surface area contributed by atoms with E-state index >= 15 is 0 Å². The summed E-state index contributed by atoms with van der Waals surface area (Å²) in [6.45, 7) is 1.84. The van der Waals surface area contributed by atoms with E-state index in [9.17, 15) is 27.5 Å². The second kappa shape index (κ2) is 9.86. The van der Waals surface area contributed by atoms with E-state index in [1.165, 1.54) is 13.1 Å². The van der Waals surface area contributed by atoms with Gasteiger partial charge in [-0.1, -0.05) is 17.3 Å². The number of aliphatic hydroxyl groups excluding tert-OH is 1. The van der Waals surface area contributed by atoms with E-state index in [2.05, 4.69) is 15.3 Å². The van der Waals surface area contributed by atoms with Crippen molar-refractivity contribution in [3.05, 3.63) is 82.7 Å². The van der Waals surface area contributed by atoms with Crippen LogP contribution in [0.4, 0.5) is 23.2 Å². The molecule has 166 valence electrons. The van der Waals surface area contributed by atoms with E-state index in [4.69, 9.17) is 4.74 Å². The standard InChI is InChI=1S/C21H16F4N4O3/c1-2-32-21(31)15(20(30)14-9-16(22)18(24)19(25)17(14)23)10-26-13-5-3-12(4-6-13)11-29-8-7-27-28-29/h3-10,30H,2,11H2,1H3. The van der Waals surface area contributed by atoms with Gasteiger partial charge in [0.25, 0.3) is 0 Å². The van der Waals surface area contributed by atoms with Crippen LogP contribution in [0.1, 0.15) is 18.1 Å². The Hall–Kier alpha value is -4.02. The number of aliphatic hydroxyl groups is 1. The highest BCUT2D eigenvalue weighted by Gasteiger charge is 2.25. The molecule has 11 heteroatoms. The molecule has 1 heterocycles. The number of hydrogen-bond acceptors (Lipinski definition) is 6. The van der Waals surface area contributed by atoms with E-state index in [0.717, 1.165) is 11.8 Å². The summed E-state index contributed by atoms with van der Waals surface area (Å²) in [5.41, 5.74) is -0.515. The highest BCUT2D eigenvalue weighted by Crippen LogP contribution is 2.26. The Labute approximate surface area is 179 Å². The van der Waals surface area contributed by atoms with Crippen LogP contribution in [0.25, 0.3) is 5.76 Å². The molecule has 0 unspecified atom stereocenters. The van der Waals surface area contributed by atoms with E-state index < -0.39 is 46.1 Å². The third kappa shape index (κ3) is 4.99. The van der Waals surface area contributed by atoms with Gasteiger partial charge in [-0.25, -0.2) is 27.0 Å². The number of ether oxygens (including phenoxy) is 1. The zero-order valence-electron chi connectivity index (χ0n) is 16.6. The van der Waals surface area contributed by atoms with Crippen LogP contribution in [-0.4, -0.2) is 38.9 Å². The third-order valence-corrected chi connectivity index (χ3v) is 4.20. The Morgan fingerprint density at radius 3 is 2.50 bits per heavy atom. The van der Waals surface area contributed by atoms with Gasteiger partial charge < -0.3 is 9.84 Å². The third-order valence-electron chi connectivity index (χ3n) is 4.20. The van der Waals surface area contributed by atoms with Gasteiger partial charge in [-0.15, -0.1) is 5.10 Å². The number of halogens is 4. The van der Waals surface area contributed by atoms with Gasteiger partial charge in [-0.2, -0.15) is 0 Å². The maximum atomic E-state index is 14.1. The summed E-state index contributed by atoms with van der Waals surface area (Å²) in [4.78, 5) is 16.3. The average Bonchev–Trinajstić information content (AvgIpc) is 3.29. The molecule has 32 heavy (non-hydrogen) atoms. The summed E-state index contributed by atoms with van der Waals surface area (Å²) >= 11 is 0. The largest absolute Gasteiger partial charge is 0.506 e. The average molecular weight is 448 g/mol. The number of rotatable bonds is 7. The van der Waals surface area contributed by atoms with E-state index in [1.54, 1.807) is 35.1 Å². The minimum atomic E-state index is -2.13. The van der Waals surface area contributed by atoms with Gasteiger partial charge in [0.2, 0.25) is 0 Å². The first kappa shape index (κ1) is 22.7. The van der Waals surface area contributed by atoms with Crippen LogP contribution in [0.15, 0.2) is 53.3 Å². The minimum absolute atomic E-state index is 0.102. The maximum Gasteiger partial charge on any atom is 0.343 e. The molecule has 1 aromatic heterocycles. The number of aromatic nitrogens is 3. The lowest BCUT2D eigenvalue weighted by Gasteiger charge is -2.09. The Morgan fingerprint density at radius 1 is 1.16 bits per heavy atom. The fourth-order valence-corrected chi connectivity index (χ4v) is 2.64. The monoisotopic (exact) mass is 448 g/mol. The van der Waals surface area contributed by atoms with E-state index in [1.807, 2.05) is 0 Å². The van der Waals surface area contributed by atoms with Crippen LogP contribution in [-0.2, 0) is 16.1 Å². The number of hydrogen-bond donors (Lipinski definition) is 1. The highest BCUT2D eigenvalue weighted by atomic mass is 19.2. The quantitative estimate of drug-likeness (QED) is 0.112. The molecule has 0 amide bonds. The van der Waals surface area contributed by atoms with Crippen LogP contribution >= 0.6 is 0 Å². The molecule has 0 saturated carbocycles. The molecule has 0 aliphatic carbocycles. The fourth-order valence-electron chi connectivity index (χ4n) is 2.64. The van der Waals surface area contributed by atoms with Gasteiger partial charge in [0.15, 0.2) is 23.3 Å². The van der Waals surface area contributed by atoms with Gasteiger partial charge in [0.1, 0.15) is 11.3 Å². The molecule has 0 fully saturated rings. The summed E-state index contributed by atoms with van der Waals surface area (Å²) < 4.78 is 60.8. The first-order chi connectivity index (χ1) is 15.3. The normalized spacial score (nSPS) is 12.2. The first-order valence-corrected chi connectivity index (χ1v) is 9.22. The predicted octanol–water partition coefficient (Wildman–Crippen LogP) is 4.12. The van der Waals surface area contributed by atoms with Gasteiger partial charge >= 0.3 is 5.97 Å². The van der Waals surface area contributed by atoms with E-state index in [-0.39, 0.29) is 12.7 Å². The molecule has 0 aliphatic heterocycles. The van der Waals surface area contributed by atoms with Crippen molar-refractivity contribution in [1.82, 2.24) is 15.0 Å². The van der Waals surface area contributed by atoms with Crippen molar-refractivity contribution in [2.24, 2.45) is 4.99 Å². The lowest BCUT2D eigenvalue weighted by Crippen LogP contribution is -2.12. The Kier molecular flexibility index (Phi) is 6.98. The summed E-state index contributed by atoms with van der Waals surface area (Å²) in [6.07, 6.45) is 4.08. The second-order valence-electron chi connectivity index (χ2n) is 6.36. The van der Waals surface area contributed by atoms with Crippen molar-refractivity contribution in [2.45, 2.75) is 13.5 Å². The second-order valence-corrected chi connectivity index (χ2v) is 6.36. The van der Waals surface area contributed by atoms with Crippen molar-refractivity contribution in [1.29, 1.82) is 0 Å². The van der Waals surface area contributed by atoms with Crippen molar-refractivity contribution >= 4 is 23.6 Å². The molecule has 0 saturated heterocycles. The number of esters is 1. The first-order valence-electron chi connectivity index (χ1n) is 9.22. The molecule has 0 spiro atoms. The van der Waals surface area contributed by atoms with Gasteiger partial charge in [0, 0.05) is 12.4 Å². The number of carbonyl (C=O) groups excluding carboxylic acids is 1. The lowest BCUT2D eigenvalue weighted by atomic mass is 10.1. The van der Waals surface area contributed by atoms with E-state index in [0.29, 0.717) is 12.2 Å². The number of benzene rings is 2. The molecule has 0 radical (unpaired) electrons. The molecule has 1 N–H and O–H groups in total. The Bertz CT molecular complexity index is 1180. The van der Waals surface area contributed by atoms with Crippen LogP contribution in [0.2, 0.25) is 0 Å². The molecular formula is C21H16F4N4O3. The SMILES string of the molecule is CCOC(=O)C(C=Nc1ccc(Cn2ccnn2)cc1)=C(O)c1cc(F)c(F)c(F)c1F. The molecule has 2 aromatic carbocycles. The topological polar surface area (TPSA) is 89.6 Å². The van der Waals surface area contributed by atoms with Crippen molar-refractivity contribution < 1.29 is 32.2 Å². The van der Waals surface area contributed by atoms with Crippen molar-refractivity contribution in [3.63, 3.8) is 0 Å². The maximum absolute atomic E-state index is 14.1. The summed E-state index contributed by atoms with van der Waals surface area (Å²) in [5, 5.41) is 17.9. The van der Waals surface area contributed by atoms with Crippen LogP contribution in [0.3, 0.4) is 0 Å². The molecule has 7 nitrogen and oxygen atoms in total. The lowest BCUT2D eigenvalue weighted by molar-refractivity contribution is -0.137. The summed E-state index contributed by atoms with van der Waals surface area (Å²) in [5.74, 6) is -10.1. The van der Waals surface area contributed by atoms with Gasteiger partial charge in [0.05, 0.1) is 30.6 Å². The molecule has 3 rings (SSSR count). The van der Waals surface area contributed by atoms with Crippen LogP contribution in [0.5, 0.6) is 0 Å². The van der Waals surface area contributed by atoms with Gasteiger partial charge in [-0.05, 0) is 30.7 Å². The minimum Gasteiger partial charge on any atom is -0.506 e. The van der Waals surface area contributed by atoms with Crippen molar-refractivity contribution in [3.8, 4) is 0 Å². The van der Waals surface area contributed by atoms with Crippen LogP contribution in [0, 0.1) is 23.3 Å². The smallest absolute Gasteiger partial charge is 0.343 e. The highest BCUT2D eigenvalue weighted by molar-refractivity contribution is 6.15. The molecule has 0 atom stereocenters. The zero-order chi connectivity index (χ0) is 23.3. The molecular weight excluding hydrogens is 432 g/mol. The summed E-state index contributed by atoms with van der Waals surface area (Å²) in [7, 11) is 0. The Balaban J connectivity index is 1.94. The molecule has 0 bridgehead atoms. The number of carbonyl (C=O) groups is 1. The van der Waals surface area contributed by atoms with Gasteiger partial charge in [-0.3, -0.25) is 4.99 Å². The number of nitrogens with zero attached hydrogens (tertiary/aromatic N) is 4. The zero-order valence-corrected chi connectivity index (χ0v) is 16.6. The molecule has 0 aliphatic rings. The fraction of sp³-hybridized carbons (Fsp3) is 0.143. The number of aliphatic imine (C=N–C) groups is 1. The van der Waals surface area contributed by atoms with Crippen molar-refractivity contribution in [2.75, 3.05) is 6.61 Å². The Morgan fingerprint density at radius 2 is 1.88 bits per heavy atom. The molecule has 3 aromatic rings. The predicted molar refractivity (Wildman–Crippen MR) is 106 cm³/mol. The summed E-state index contributed by atoms with van der Waals surface area (Å²) in [6, 6.07) is 6.88. The van der Waals surface area contributed by atoms with Crippen LogP contribution < -0.4 is 0 Å².